The van der Waals surface area contributed by atoms with Gasteiger partial charge in [-0.3, -0.25) is 4.90 Å². The van der Waals surface area contributed by atoms with Gasteiger partial charge in [-0.1, -0.05) is 17.3 Å². The lowest BCUT2D eigenvalue weighted by molar-refractivity contribution is -0.137. The van der Waals surface area contributed by atoms with Gasteiger partial charge in [-0.05, 0) is 38.6 Å². The quantitative estimate of drug-likeness (QED) is 0.856. The first kappa shape index (κ1) is 15.6. The number of aryl methyl sites for hydroxylation is 2. The monoisotopic (exact) mass is 298 g/mol. The molecule has 0 aliphatic rings. The number of hydrogen-bond donors (Lipinski definition) is 0. The summed E-state index contributed by atoms with van der Waals surface area (Å²) in [6, 6.07) is 5.23. The lowest BCUT2D eigenvalue weighted by atomic mass is 10.1. The minimum Gasteiger partial charge on any atom is -0.361 e. The van der Waals surface area contributed by atoms with Crippen LogP contribution in [0.15, 0.2) is 28.8 Å². The third-order valence-electron chi connectivity index (χ3n) is 3.34. The molecule has 0 saturated carbocycles. The number of aromatic nitrogens is 1. The summed E-state index contributed by atoms with van der Waals surface area (Å²) in [6.45, 7) is 4.92. The Kier molecular flexibility index (Phi) is 4.37. The van der Waals surface area contributed by atoms with Crippen LogP contribution in [-0.2, 0) is 19.3 Å². The van der Waals surface area contributed by atoms with E-state index in [1.54, 1.807) is 0 Å². The van der Waals surface area contributed by atoms with Crippen LogP contribution in [0.5, 0.6) is 0 Å². The molecular weight excluding hydrogens is 281 g/mol. The van der Waals surface area contributed by atoms with Crippen LogP contribution in [0.3, 0.4) is 0 Å². The van der Waals surface area contributed by atoms with Crippen molar-refractivity contribution in [1.82, 2.24) is 10.1 Å². The van der Waals surface area contributed by atoms with Crippen molar-refractivity contribution in [2.45, 2.75) is 33.1 Å². The van der Waals surface area contributed by atoms with E-state index in [1.807, 2.05) is 25.8 Å². The Balaban J connectivity index is 2.01. The van der Waals surface area contributed by atoms with Crippen molar-refractivity contribution in [3.05, 3.63) is 52.4 Å². The maximum atomic E-state index is 12.5. The Morgan fingerprint density at radius 2 is 1.71 bits per heavy atom. The largest absolute Gasteiger partial charge is 0.416 e. The van der Waals surface area contributed by atoms with Crippen LogP contribution in [0, 0.1) is 13.8 Å². The van der Waals surface area contributed by atoms with Crippen molar-refractivity contribution in [2.24, 2.45) is 0 Å². The zero-order valence-corrected chi connectivity index (χ0v) is 12.2. The van der Waals surface area contributed by atoms with Gasteiger partial charge in [0, 0.05) is 18.7 Å². The minimum atomic E-state index is -4.29. The number of alkyl halides is 3. The zero-order valence-electron chi connectivity index (χ0n) is 12.2. The van der Waals surface area contributed by atoms with E-state index >= 15 is 0 Å². The predicted molar refractivity (Wildman–Crippen MR) is 72.6 cm³/mol. The average Bonchev–Trinajstić information content (AvgIpc) is 2.70. The smallest absolute Gasteiger partial charge is 0.361 e. The molecular formula is C15H17F3N2O. The van der Waals surface area contributed by atoms with E-state index in [4.69, 9.17) is 4.52 Å². The Morgan fingerprint density at radius 1 is 1.10 bits per heavy atom. The lowest BCUT2D eigenvalue weighted by Gasteiger charge is -2.17. The van der Waals surface area contributed by atoms with E-state index < -0.39 is 11.7 Å². The Bertz CT molecular complexity index is 583. The normalized spacial score (nSPS) is 12.1. The summed E-state index contributed by atoms with van der Waals surface area (Å²) in [7, 11) is 1.91. The summed E-state index contributed by atoms with van der Waals surface area (Å²) >= 11 is 0. The molecule has 0 bridgehead atoms. The lowest BCUT2D eigenvalue weighted by Crippen LogP contribution is -2.18. The highest BCUT2D eigenvalue weighted by Gasteiger charge is 2.29. The van der Waals surface area contributed by atoms with Gasteiger partial charge in [-0.25, -0.2) is 0 Å². The molecule has 0 fully saturated rings. The highest BCUT2D eigenvalue weighted by atomic mass is 19.4. The van der Waals surface area contributed by atoms with Crippen LogP contribution >= 0.6 is 0 Å². The molecule has 6 heteroatoms. The number of hydrogen-bond acceptors (Lipinski definition) is 3. The summed E-state index contributed by atoms with van der Waals surface area (Å²) in [5, 5.41) is 3.89. The molecule has 2 rings (SSSR count). The number of halogens is 3. The molecule has 0 aliphatic carbocycles. The molecule has 1 aromatic heterocycles. The van der Waals surface area contributed by atoms with Gasteiger partial charge in [-0.2, -0.15) is 13.2 Å². The molecule has 0 saturated heterocycles. The Labute approximate surface area is 121 Å². The molecule has 2 aromatic rings. The fourth-order valence-electron chi connectivity index (χ4n) is 2.16. The zero-order chi connectivity index (χ0) is 15.6. The summed E-state index contributed by atoms with van der Waals surface area (Å²) in [6.07, 6.45) is -4.29. The average molecular weight is 298 g/mol. The van der Waals surface area contributed by atoms with Crippen molar-refractivity contribution >= 4 is 0 Å². The van der Waals surface area contributed by atoms with Crippen molar-refractivity contribution in [3.63, 3.8) is 0 Å². The molecule has 0 N–H and O–H groups in total. The van der Waals surface area contributed by atoms with Crippen LogP contribution in [0.1, 0.15) is 28.1 Å². The SMILES string of the molecule is Cc1noc(C)c1CN(C)Cc1ccc(C(F)(F)F)cc1. The van der Waals surface area contributed by atoms with Crippen LogP contribution in [-0.4, -0.2) is 17.1 Å². The summed E-state index contributed by atoms with van der Waals surface area (Å²) in [5.74, 6) is 0.770. The third kappa shape index (κ3) is 3.85. The molecule has 114 valence electrons. The molecule has 3 nitrogen and oxygen atoms in total. The first-order valence-corrected chi connectivity index (χ1v) is 6.54. The first-order valence-electron chi connectivity index (χ1n) is 6.54. The predicted octanol–water partition coefficient (Wildman–Crippen LogP) is 3.94. The van der Waals surface area contributed by atoms with Gasteiger partial charge in [0.25, 0.3) is 0 Å². The van der Waals surface area contributed by atoms with Gasteiger partial charge in [0.15, 0.2) is 0 Å². The van der Waals surface area contributed by atoms with Gasteiger partial charge >= 0.3 is 6.18 Å². The van der Waals surface area contributed by atoms with Crippen LogP contribution < -0.4 is 0 Å². The van der Waals surface area contributed by atoms with Gasteiger partial charge in [0.2, 0.25) is 0 Å². The Hall–Kier alpha value is -1.82. The molecule has 21 heavy (non-hydrogen) atoms. The van der Waals surface area contributed by atoms with E-state index in [1.165, 1.54) is 12.1 Å². The fraction of sp³-hybridized carbons (Fsp3) is 0.400. The summed E-state index contributed by atoms with van der Waals surface area (Å²) in [5.41, 5.74) is 2.06. The topological polar surface area (TPSA) is 29.3 Å². The maximum Gasteiger partial charge on any atom is 0.416 e. The van der Waals surface area contributed by atoms with E-state index in [-0.39, 0.29) is 0 Å². The third-order valence-corrected chi connectivity index (χ3v) is 3.34. The second kappa shape index (κ2) is 5.89. The number of nitrogens with zero attached hydrogens (tertiary/aromatic N) is 2. The van der Waals surface area contributed by atoms with Crippen LogP contribution in [0.4, 0.5) is 13.2 Å². The fourth-order valence-corrected chi connectivity index (χ4v) is 2.16. The van der Waals surface area contributed by atoms with Crippen LogP contribution in [0.25, 0.3) is 0 Å². The van der Waals surface area contributed by atoms with Crippen molar-refractivity contribution in [1.29, 1.82) is 0 Å². The van der Waals surface area contributed by atoms with Crippen molar-refractivity contribution < 1.29 is 17.7 Å². The molecule has 0 unspecified atom stereocenters. The standard InChI is InChI=1S/C15H17F3N2O/c1-10-14(11(2)21-19-10)9-20(3)8-12-4-6-13(7-5-12)15(16,17)18/h4-7H,8-9H2,1-3H3. The van der Waals surface area contributed by atoms with E-state index in [9.17, 15) is 13.2 Å². The van der Waals surface area contributed by atoms with Crippen LogP contribution in [0.2, 0.25) is 0 Å². The van der Waals surface area contributed by atoms with Gasteiger partial charge < -0.3 is 4.52 Å². The molecule has 1 aromatic carbocycles. The van der Waals surface area contributed by atoms with Gasteiger partial charge in [0.1, 0.15) is 5.76 Å². The molecule has 0 amide bonds. The highest BCUT2D eigenvalue weighted by molar-refractivity contribution is 5.25. The van der Waals surface area contributed by atoms with E-state index in [0.717, 1.165) is 34.7 Å². The van der Waals surface area contributed by atoms with Gasteiger partial charge in [0.05, 0.1) is 11.3 Å². The summed E-state index contributed by atoms with van der Waals surface area (Å²) in [4.78, 5) is 2.01. The molecule has 0 atom stereocenters. The van der Waals surface area contributed by atoms with E-state index in [2.05, 4.69) is 5.16 Å². The molecule has 1 heterocycles. The second-order valence-electron chi connectivity index (χ2n) is 5.17. The second-order valence-corrected chi connectivity index (χ2v) is 5.17. The Morgan fingerprint density at radius 3 is 2.19 bits per heavy atom. The van der Waals surface area contributed by atoms with Crippen molar-refractivity contribution in [2.75, 3.05) is 7.05 Å². The summed E-state index contributed by atoms with van der Waals surface area (Å²) < 4.78 is 42.6. The molecule has 0 spiro atoms. The molecule has 0 aliphatic heterocycles. The van der Waals surface area contributed by atoms with Crippen molar-refractivity contribution in [3.8, 4) is 0 Å². The number of rotatable bonds is 4. The number of benzene rings is 1. The van der Waals surface area contributed by atoms with Gasteiger partial charge in [-0.15, -0.1) is 0 Å². The molecule has 0 radical (unpaired) electrons. The minimum absolute atomic E-state index is 0.558. The highest BCUT2D eigenvalue weighted by Crippen LogP contribution is 2.29. The van der Waals surface area contributed by atoms with E-state index in [0.29, 0.717) is 13.1 Å². The maximum absolute atomic E-state index is 12.5. The first-order chi connectivity index (χ1) is 9.77.